The van der Waals surface area contributed by atoms with E-state index in [1.54, 1.807) is 0 Å². The molecule has 1 aromatic carbocycles. The molecule has 6 nitrogen and oxygen atoms in total. The number of benzene rings is 1. The van der Waals surface area contributed by atoms with Crippen LogP contribution < -0.4 is 0 Å². The van der Waals surface area contributed by atoms with Crippen molar-refractivity contribution in [3.05, 3.63) is 51.4 Å². The average Bonchev–Trinajstić information content (AvgIpc) is 2.67. The van der Waals surface area contributed by atoms with Gasteiger partial charge in [-0.05, 0) is 34.9 Å². The second kappa shape index (κ2) is 4.87. The van der Waals surface area contributed by atoms with Gasteiger partial charge in [0.05, 0.1) is 0 Å². The number of aromatic nitrogens is 2. The molecule has 0 amide bonds. The molecular weight excluding hydrogens is 261 g/mol. The van der Waals surface area contributed by atoms with Crippen LogP contribution in [-0.4, -0.2) is 15.8 Å². The summed E-state index contributed by atoms with van der Waals surface area (Å²) in [6, 6.07) is 5.24. The maximum absolute atomic E-state index is 12.8. The van der Waals surface area contributed by atoms with Crippen LogP contribution in [0.2, 0.25) is 5.15 Å². The van der Waals surface area contributed by atoms with Gasteiger partial charge < -0.3 is 0 Å². The first-order valence-corrected chi connectivity index (χ1v) is 5.09. The highest BCUT2D eigenvalue weighted by molar-refractivity contribution is 6.31. The minimum atomic E-state index is -0.428. The lowest BCUT2D eigenvalue weighted by atomic mass is 10.3. The molecule has 0 bridgehead atoms. The van der Waals surface area contributed by atoms with Crippen LogP contribution in [0.25, 0.3) is 16.1 Å². The number of azide groups is 1. The molecule has 0 aliphatic heterocycles. The van der Waals surface area contributed by atoms with Crippen LogP contribution in [0.1, 0.15) is 10.5 Å². The zero-order valence-corrected chi connectivity index (χ0v) is 9.54. The van der Waals surface area contributed by atoms with E-state index in [0.717, 1.165) is 0 Å². The van der Waals surface area contributed by atoms with E-state index in [1.807, 2.05) is 0 Å². The molecular formula is C10H5ClFN5O. The van der Waals surface area contributed by atoms with Gasteiger partial charge in [-0.15, -0.1) is 0 Å². The van der Waals surface area contributed by atoms with Crippen LogP contribution in [0.15, 0.2) is 29.4 Å². The molecule has 8 heteroatoms. The van der Waals surface area contributed by atoms with Crippen molar-refractivity contribution in [3.63, 3.8) is 0 Å². The smallest absolute Gasteiger partial charge is 0.203 e. The van der Waals surface area contributed by atoms with Crippen LogP contribution in [0.3, 0.4) is 0 Å². The fraction of sp³-hybridized carbons (Fsp3) is 0. The third-order valence-corrected chi connectivity index (χ3v) is 2.46. The lowest BCUT2D eigenvalue weighted by Crippen LogP contribution is -1.99. The number of rotatable bonds is 3. The fourth-order valence-electron chi connectivity index (χ4n) is 1.45. The van der Waals surface area contributed by atoms with Crippen LogP contribution in [0.5, 0.6) is 0 Å². The Morgan fingerprint density at radius 1 is 1.44 bits per heavy atom. The van der Waals surface area contributed by atoms with Gasteiger partial charge in [0.1, 0.15) is 11.5 Å². The zero-order valence-electron chi connectivity index (χ0n) is 8.79. The van der Waals surface area contributed by atoms with Crippen molar-refractivity contribution >= 4 is 23.8 Å². The monoisotopic (exact) mass is 265 g/mol. The summed E-state index contributed by atoms with van der Waals surface area (Å²) < 4.78 is 14.1. The Morgan fingerprint density at radius 2 is 2.11 bits per heavy atom. The summed E-state index contributed by atoms with van der Waals surface area (Å²) in [6.45, 7) is 0. The summed E-state index contributed by atoms with van der Waals surface area (Å²) in [5.74, 6) is -0.515. The largest absolute Gasteiger partial charge is 0.296 e. The first kappa shape index (κ1) is 12.1. The van der Waals surface area contributed by atoms with Crippen molar-refractivity contribution in [1.82, 2.24) is 9.55 Å². The molecule has 0 N–H and O–H groups in total. The summed E-state index contributed by atoms with van der Waals surface area (Å²) in [5.41, 5.74) is 8.87. The summed E-state index contributed by atoms with van der Waals surface area (Å²) in [7, 11) is 0. The van der Waals surface area contributed by atoms with Gasteiger partial charge in [0.2, 0.25) is 5.95 Å². The molecule has 90 valence electrons. The van der Waals surface area contributed by atoms with Gasteiger partial charge >= 0.3 is 0 Å². The highest BCUT2D eigenvalue weighted by Crippen LogP contribution is 2.26. The quantitative estimate of drug-likeness (QED) is 0.369. The lowest BCUT2D eigenvalue weighted by molar-refractivity contribution is 0.111. The van der Waals surface area contributed by atoms with Gasteiger partial charge in [-0.1, -0.05) is 11.6 Å². The van der Waals surface area contributed by atoms with E-state index in [0.29, 0.717) is 12.0 Å². The predicted molar refractivity (Wildman–Crippen MR) is 62.7 cm³/mol. The molecule has 18 heavy (non-hydrogen) atoms. The number of halogens is 2. The molecule has 0 fully saturated rings. The molecule has 2 aromatic rings. The van der Waals surface area contributed by atoms with Gasteiger partial charge in [-0.3, -0.25) is 9.36 Å². The Morgan fingerprint density at radius 3 is 2.67 bits per heavy atom. The molecule has 1 heterocycles. The maximum Gasteiger partial charge on any atom is 0.203 e. The van der Waals surface area contributed by atoms with E-state index >= 15 is 0 Å². The van der Waals surface area contributed by atoms with Crippen LogP contribution in [0.4, 0.5) is 10.3 Å². The highest BCUT2D eigenvalue weighted by Gasteiger charge is 2.15. The lowest BCUT2D eigenvalue weighted by Gasteiger charge is -2.06. The topological polar surface area (TPSA) is 83.7 Å². The maximum atomic E-state index is 12.8. The van der Waals surface area contributed by atoms with Gasteiger partial charge in [0.15, 0.2) is 11.4 Å². The van der Waals surface area contributed by atoms with Crippen molar-refractivity contribution in [3.8, 4) is 5.69 Å². The Hall–Kier alpha value is -2.37. The van der Waals surface area contributed by atoms with Gasteiger partial charge in [0.25, 0.3) is 0 Å². The van der Waals surface area contributed by atoms with Crippen molar-refractivity contribution in [1.29, 1.82) is 0 Å². The highest BCUT2D eigenvalue weighted by atomic mass is 35.5. The molecule has 2 rings (SSSR count). The number of hydrogen-bond acceptors (Lipinski definition) is 3. The molecule has 0 unspecified atom stereocenters. The molecule has 0 spiro atoms. The Kier molecular flexibility index (Phi) is 3.27. The number of carbonyl (C=O) groups excluding carboxylic acids is 1. The molecule has 0 atom stereocenters. The zero-order chi connectivity index (χ0) is 13.1. The van der Waals surface area contributed by atoms with Crippen molar-refractivity contribution in [2.24, 2.45) is 5.11 Å². The van der Waals surface area contributed by atoms with E-state index in [4.69, 9.17) is 17.1 Å². The summed E-state index contributed by atoms with van der Waals surface area (Å²) in [5, 5.41) is 3.24. The van der Waals surface area contributed by atoms with E-state index in [1.165, 1.54) is 28.8 Å². The minimum Gasteiger partial charge on any atom is -0.296 e. The second-order valence-electron chi connectivity index (χ2n) is 3.21. The first-order chi connectivity index (χ1) is 8.67. The van der Waals surface area contributed by atoms with Gasteiger partial charge in [0, 0.05) is 10.6 Å². The number of carbonyl (C=O) groups is 1. The van der Waals surface area contributed by atoms with Gasteiger partial charge in [-0.2, -0.15) is 0 Å². The summed E-state index contributed by atoms with van der Waals surface area (Å²) in [4.78, 5) is 17.3. The third-order valence-electron chi connectivity index (χ3n) is 2.18. The van der Waals surface area contributed by atoms with Gasteiger partial charge in [-0.25, -0.2) is 9.37 Å². The molecule has 0 saturated heterocycles. The Labute approximate surface area is 105 Å². The van der Waals surface area contributed by atoms with Crippen molar-refractivity contribution < 1.29 is 9.18 Å². The molecule has 0 radical (unpaired) electrons. The minimum absolute atomic E-state index is 0.0330. The SMILES string of the molecule is [N-]=[N+]=Nc1nc(Cl)c(C=O)n1-c1ccc(F)cc1. The molecule has 1 aromatic heterocycles. The number of imidazole rings is 1. The molecule has 0 saturated carbocycles. The summed E-state index contributed by atoms with van der Waals surface area (Å²) >= 11 is 5.75. The van der Waals surface area contributed by atoms with Crippen molar-refractivity contribution in [2.45, 2.75) is 0 Å². The number of aldehydes is 1. The molecule has 0 aliphatic rings. The third kappa shape index (κ3) is 2.04. The normalized spacial score (nSPS) is 9.89. The Bertz CT molecular complexity index is 645. The average molecular weight is 266 g/mol. The number of hydrogen-bond donors (Lipinski definition) is 0. The van der Waals surface area contributed by atoms with Crippen molar-refractivity contribution in [2.75, 3.05) is 0 Å². The fourth-order valence-corrected chi connectivity index (χ4v) is 1.65. The number of nitrogens with zero attached hydrogens (tertiary/aromatic N) is 5. The van der Waals surface area contributed by atoms with Crippen LogP contribution in [-0.2, 0) is 0 Å². The van der Waals surface area contributed by atoms with Crippen LogP contribution >= 0.6 is 11.6 Å². The second-order valence-corrected chi connectivity index (χ2v) is 3.56. The molecule has 0 aliphatic carbocycles. The van der Waals surface area contributed by atoms with E-state index in [2.05, 4.69) is 15.0 Å². The summed E-state index contributed by atoms with van der Waals surface area (Å²) in [6.07, 6.45) is 0.481. The van der Waals surface area contributed by atoms with Crippen LogP contribution in [0, 0.1) is 5.82 Å². The Balaban J connectivity index is 2.71. The standard InChI is InChI=1S/C10H5ClFN5O/c11-9-8(5-18)17(10(14-9)15-16-13)7-3-1-6(12)2-4-7/h1-5H. The first-order valence-electron chi connectivity index (χ1n) is 4.72. The predicted octanol–water partition coefficient (Wildman–Crippen LogP) is 3.42. The van der Waals surface area contributed by atoms with E-state index in [9.17, 15) is 9.18 Å². The van der Waals surface area contributed by atoms with E-state index in [-0.39, 0.29) is 16.8 Å². The van der Waals surface area contributed by atoms with E-state index < -0.39 is 5.82 Å².